The first kappa shape index (κ1) is 25.2. The smallest absolute Gasteiger partial charge is 0.337 e. The maximum absolute atomic E-state index is 12.7. The van der Waals surface area contributed by atoms with Crippen molar-refractivity contribution >= 4 is 55.5 Å². The second kappa shape index (κ2) is 11.6. The fourth-order valence-electron chi connectivity index (χ4n) is 3.22. The number of hydrogen-bond acceptors (Lipinski definition) is 5. The largest absolute Gasteiger partial charge is 0.496 e. The summed E-state index contributed by atoms with van der Waals surface area (Å²) in [7, 11) is 2.87. The van der Waals surface area contributed by atoms with Crippen LogP contribution in [0.3, 0.4) is 0 Å². The predicted molar refractivity (Wildman–Crippen MR) is 138 cm³/mol. The van der Waals surface area contributed by atoms with Crippen LogP contribution in [-0.2, 0) is 16.0 Å². The summed E-state index contributed by atoms with van der Waals surface area (Å²) in [5.41, 5.74) is 3.40. The van der Waals surface area contributed by atoms with Gasteiger partial charge in [-0.2, -0.15) is 5.26 Å². The Hall–Kier alpha value is -3.41. The molecule has 1 amide bonds. The van der Waals surface area contributed by atoms with E-state index in [1.807, 2.05) is 36.4 Å². The van der Waals surface area contributed by atoms with E-state index < -0.39 is 11.9 Å². The van der Waals surface area contributed by atoms with Gasteiger partial charge in [0.25, 0.3) is 5.91 Å². The van der Waals surface area contributed by atoms with Gasteiger partial charge >= 0.3 is 5.97 Å². The molecule has 0 saturated heterocycles. The lowest BCUT2D eigenvalue weighted by atomic mass is 10.0. The lowest BCUT2D eigenvalue weighted by molar-refractivity contribution is -0.112. The molecule has 0 saturated carbocycles. The normalized spacial score (nSPS) is 10.9. The summed E-state index contributed by atoms with van der Waals surface area (Å²) in [4.78, 5) is 24.2. The van der Waals surface area contributed by atoms with Crippen LogP contribution in [0.5, 0.6) is 5.75 Å². The molecule has 172 valence electrons. The minimum atomic E-state index is -0.569. The lowest BCUT2D eigenvalue weighted by Gasteiger charge is -2.13. The number of anilines is 1. The van der Waals surface area contributed by atoms with Gasteiger partial charge in [-0.3, -0.25) is 4.79 Å². The summed E-state index contributed by atoms with van der Waals surface area (Å²) in [5.74, 6) is -0.411. The Kier molecular flexibility index (Phi) is 8.63. The second-order valence-electron chi connectivity index (χ2n) is 7.14. The Morgan fingerprint density at radius 3 is 2.35 bits per heavy atom. The molecule has 0 aliphatic carbocycles. The molecular formula is C26H20Br2N2O4. The number of nitriles is 1. The van der Waals surface area contributed by atoms with Crippen LogP contribution < -0.4 is 10.1 Å². The summed E-state index contributed by atoms with van der Waals surface area (Å²) in [6.45, 7) is 0. The summed E-state index contributed by atoms with van der Waals surface area (Å²) >= 11 is 7.17. The highest BCUT2D eigenvalue weighted by Gasteiger charge is 2.15. The number of halogens is 2. The fourth-order valence-corrected chi connectivity index (χ4v) is 4.25. The highest BCUT2D eigenvalue weighted by Crippen LogP contribution is 2.33. The molecule has 8 heteroatoms. The first-order valence-electron chi connectivity index (χ1n) is 10.1. The first-order valence-corrected chi connectivity index (χ1v) is 11.7. The number of nitrogens with one attached hydrogen (secondary N) is 1. The molecule has 0 bridgehead atoms. The standard InChI is InChI=1S/C26H20Br2N2O4/c1-33-24-13-16(12-23(28)21(24)14-18-5-3-4-6-22(18)27)11-19(15-29)25(31)30-20-9-7-17(8-10-20)26(32)34-2/h3-13H,14H2,1-2H3,(H,30,31)/b19-11+. The third-order valence-electron chi connectivity index (χ3n) is 4.96. The minimum Gasteiger partial charge on any atom is -0.496 e. The van der Waals surface area contributed by atoms with Gasteiger partial charge in [-0.1, -0.05) is 50.1 Å². The average Bonchev–Trinajstić information content (AvgIpc) is 2.84. The van der Waals surface area contributed by atoms with Gasteiger partial charge in [-0.15, -0.1) is 0 Å². The molecule has 0 aliphatic heterocycles. The van der Waals surface area contributed by atoms with E-state index in [0.29, 0.717) is 29.0 Å². The van der Waals surface area contributed by atoms with Gasteiger partial charge in [0.2, 0.25) is 0 Å². The SMILES string of the molecule is COC(=O)c1ccc(NC(=O)/C(C#N)=C/c2cc(Br)c(Cc3ccccc3Br)c(OC)c2)cc1. The van der Waals surface area contributed by atoms with E-state index in [0.717, 1.165) is 20.1 Å². The van der Waals surface area contributed by atoms with Crippen LogP contribution in [0.15, 0.2) is 75.2 Å². The van der Waals surface area contributed by atoms with Crippen molar-refractivity contribution in [3.63, 3.8) is 0 Å². The molecule has 0 spiro atoms. The van der Waals surface area contributed by atoms with E-state index in [4.69, 9.17) is 4.74 Å². The number of carbonyl (C=O) groups excluding carboxylic acids is 2. The van der Waals surface area contributed by atoms with Crippen molar-refractivity contribution in [2.75, 3.05) is 19.5 Å². The van der Waals surface area contributed by atoms with E-state index in [2.05, 4.69) is 41.9 Å². The zero-order valence-electron chi connectivity index (χ0n) is 18.4. The Morgan fingerprint density at radius 1 is 1.03 bits per heavy atom. The Balaban J connectivity index is 1.84. The van der Waals surface area contributed by atoms with Crippen LogP contribution in [0.2, 0.25) is 0 Å². The van der Waals surface area contributed by atoms with Gasteiger partial charge in [0.1, 0.15) is 17.4 Å². The molecule has 0 radical (unpaired) electrons. The molecular weight excluding hydrogens is 564 g/mol. The third-order valence-corrected chi connectivity index (χ3v) is 6.44. The zero-order valence-corrected chi connectivity index (χ0v) is 21.6. The van der Waals surface area contributed by atoms with Crippen LogP contribution in [0, 0.1) is 11.3 Å². The molecule has 0 aromatic heterocycles. The highest BCUT2D eigenvalue weighted by atomic mass is 79.9. The van der Waals surface area contributed by atoms with Crippen LogP contribution >= 0.6 is 31.9 Å². The quantitative estimate of drug-likeness (QED) is 0.205. The topological polar surface area (TPSA) is 88.4 Å². The van der Waals surface area contributed by atoms with Crippen LogP contribution in [-0.4, -0.2) is 26.1 Å². The van der Waals surface area contributed by atoms with Gasteiger partial charge in [0, 0.05) is 26.6 Å². The van der Waals surface area contributed by atoms with Crippen molar-refractivity contribution in [1.29, 1.82) is 5.26 Å². The van der Waals surface area contributed by atoms with Crippen molar-refractivity contribution < 1.29 is 19.1 Å². The van der Waals surface area contributed by atoms with E-state index in [1.165, 1.54) is 25.3 Å². The third kappa shape index (κ3) is 6.13. The molecule has 0 aliphatic rings. The number of esters is 1. The van der Waals surface area contributed by atoms with E-state index in [1.54, 1.807) is 25.3 Å². The number of nitrogens with zero attached hydrogens (tertiary/aromatic N) is 1. The molecule has 3 aromatic rings. The summed E-state index contributed by atoms with van der Waals surface area (Å²) < 4.78 is 12.0. The summed E-state index contributed by atoms with van der Waals surface area (Å²) in [6.07, 6.45) is 2.12. The number of methoxy groups -OCH3 is 2. The molecule has 6 nitrogen and oxygen atoms in total. The van der Waals surface area contributed by atoms with Gasteiger partial charge in [-0.25, -0.2) is 4.79 Å². The van der Waals surface area contributed by atoms with Gasteiger partial charge in [-0.05, 0) is 59.7 Å². The molecule has 3 aromatic carbocycles. The average molecular weight is 584 g/mol. The Morgan fingerprint density at radius 2 is 1.74 bits per heavy atom. The zero-order chi connectivity index (χ0) is 24.7. The fraction of sp³-hybridized carbons (Fsp3) is 0.115. The van der Waals surface area contributed by atoms with Crippen LogP contribution in [0.25, 0.3) is 6.08 Å². The Bertz CT molecular complexity index is 1300. The second-order valence-corrected chi connectivity index (χ2v) is 8.85. The number of ether oxygens (including phenoxy) is 2. The first-order chi connectivity index (χ1) is 16.4. The number of hydrogen-bond donors (Lipinski definition) is 1. The van der Waals surface area contributed by atoms with E-state index in [9.17, 15) is 14.9 Å². The monoisotopic (exact) mass is 582 g/mol. The number of rotatable bonds is 7. The van der Waals surface area contributed by atoms with Crippen LogP contribution in [0.1, 0.15) is 27.0 Å². The van der Waals surface area contributed by atoms with E-state index in [-0.39, 0.29) is 5.57 Å². The number of carbonyl (C=O) groups is 2. The maximum Gasteiger partial charge on any atom is 0.337 e. The lowest BCUT2D eigenvalue weighted by Crippen LogP contribution is -2.13. The van der Waals surface area contributed by atoms with Crippen LogP contribution in [0.4, 0.5) is 5.69 Å². The van der Waals surface area contributed by atoms with Gasteiger partial charge in [0.15, 0.2) is 0 Å². The van der Waals surface area contributed by atoms with Gasteiger partial charge < -0.3 is 14.8 Å². The van der Waals surface area contributed by atoms with Crippen molar-refractivity contribution in [1.82, 2.24) is 0 Å². The van der Waals surface area contributed by atoms with Crippen molar-refractivity contribution in [2.24, 2.45) is 0 Å². The maximum atomic E-state index is 12.7. The molecule has 0 unspecified atom stereocenters. The highest BCUT2D eigenvalue weighted by molar-refractivity contribution is 9.10. The molecule has 0 fully saturated rings. The van der Waals surface area contributed by atoms with Crippen molar-refractivity contribution in [3.05, 3.63) is 97.4 Å². The summed E-state index contributed by atoms with van der Waals surface area (Å²) in [6, 6.07) is 19.7. The van der Waals surface area contributed by atoms with Gasteiger partial charge in [0.05, 0.1) is 19.8 Å². The van der Waals surface area contributed by atoms with E-state index >= 15 is 0 Å². The van der Waals surface area contributed by atoms with Crippen molar-refractivity contribution in [2.45, 2.75) is 6.42 Å². The molecule has 34 heavy (non-hydrogen) atoms. The molecule has 1 N–H and O–H groups in total. The Labute approximate surface area is 214 Å². The minimum absolute atomic E-state index is 0.0791. The molecule has 3 rings (SSSR count). The predicted octanol–water partition coefficient (Wildman–Crippen LogP) is 6.14. The van der Waals surface area contributed by atoms with Crippen molar-refractivity contribution in [3.8, 4) is 11.8 Å². The molecule has 0 atom stereocenters. The number of amides is 1. The molecule has 0 heterocycles. The summed E-state index contributed by atoms with van der Waals surface area (Å²) in [5, 5.41) is 12.2. The number of benzene rings is 3.